The van der Waals surface area contributed by atoms with Gasteiger partial charge in [-0.25, -0.2) is 9.18 Å². The summed E-state index contributed by atoms with van der Waals surface area (Å²) >= 11 is 5.79. The zero-order chi connectivity index (χ0) is 18.6. The number of carbonyl (C=O) groups excluding carboxylic acids is 2. The van der Waals surface area contributed by atoms with Gasteiger partial charge in [-0.15, -0.1) is 0 Å². The molecule has 1 aromatic heterocycles. The third kappa shape index (κ3) is 5.01. The second-order valence-electron chi connectivity index (χ2n) is 4.98. The predicted molar refractivity (Wildman–Crippen MR) is 86.9 cm³/mol. The van der Waals surface area contributed by atoms with E-state index in [9.17, 15) is 23.6 Å². The van der Waals surface area contributed by atoms with E-state index in [1.807, 2.05) is 4.98 Å². The van der Waals surface area contributed by atoms with Crippen LogP contribution in [-0.4, -0.2) is 27.5 Å². The lowest BCUT2D eigenvalue weighted by Crippen LogP contribution is -2.35. The number of benzene rings is 1. The van der Waals surface area contributed by atoms with E-state index in [1.165, 1.54) is 13.0 Å². The Bertz CT molecular complexity index is 924. The number of aromatic nitrogens is 2. The molecule has 0 saturated heterocycles. The molecule has 0 aliphatic rings. The van der Waals surface area contributed by atoms with Crippen LogP contribution in [0.4, 0.5) is 10.1 Å². The summed E-state index contributed by atoms with van der Waals surface area (Å²) in [4.78, 5) is 48.2. The molecule has 132 valence electrons. The number of carbonyl (C=O) groups is 2. The van der Waals surface area contributed by atoms with Crippen molar-refractivity contribution in [2.45, 2.75) is 19.6 Å². The third-order valence-electron chi connectivity index (χ3n) is 3.06. The highest BCUT2D eigenvalue weighted by atomic mass is 35.5. The molecule has 0 bridgehead atoms. The van der Waals surface area contributed by atoms with Gasteiger partial charge in [-0.2, -0.15) is 0 Å². The number of anilines is 1. The van der Waals surface area contributed by atoms with Crippen LogP contribution in [-0.2, 0) is 20.9 Å². The van der Waals surface area contributed by atoms with Crippen LogP contribution in [0.3, 0.4) is 0 Å². The molecular formula is C15H13ClFN3O5. The highest BCUT2D eigenvalue weighted by Gasteiger charge is 2.19. The van der Waals surface area contributed by atoms with Crippen LogP contribution < -0.4 is 16.6 Å². The van der Waals surface area contributed by atoms with Crippen molar-refractivity contribution in [1.82, 2.24) is 9.55 Å². The second-order valence-corrected chi connectivity index (χ2v) is 5.39. The summed E-state index contributed by atoms with van der Waals surface area (Å²) in [6, 6.07) is 4.47. The van der Waals surface area contributed by atoms with Gasteiger partial charge in [0.25, 0.3) is 11.5 Å². The zero-order valence-electron chi connectivity index (χ0n) is 12.9. The van der Waals surface area contributed by atoms with E-state index in [4.69, 9.17) is 16.3 Å². The normalized spacial score (nSPS) is 11.6. The summed E-state index contributed by atoms with van der Waals surface area (Å²) in [5.74, 6) is -2.11. The number of nitrogens with one attached hydrogen (secondary N) is 2. The van der Waals surface area contributed by atoms with Crippen molar-refractivity contribution in [3.05, 3.63) is 62.1 Å². The smallest absolute Gasteiger partial charge is 0.328 e. The van der Waals surface area contributed by atoms with Crippen molar-refractivity contribution in [3.63, 3.8) is 0 Å². The fourth-order valence-electron chi connectivity index (χ4n) is 1.82. The summed E-state index contributed by atoms with van der Waals surface area (Å²) in [5, 5.41) is 2.39. The molecule has 1 heterocycles. The van der Waals surface area contributed by atoms with E-state index in [1.54, 1.807) is 0 Å². The molecule has 0 spiro atoms. The Kier molecular flexibility index (Phi) is 5.71. The molecule has 0 aliphatic heterocycles. The van der Waals surface area contributed by atoms with Crippen molar-refractivity contribution in [3.8, 4) is 0 Å². The number of esters is 1. The number of halogens is 2. The van der Waals surface area contributed by atoms with Crippen LogP contribution in [0.1, 0.15) is 6.92 Å². The summed E-state index contributed by atoms with van der Waals surface area (Å²) in [5.41, 5.74) is -1.22. The molecule has 0 unspecified atom stereocenters. The van der Waals surface area contributed by atoms with Crippen molar-refractivity contribution < 1.29 is 18.7 Å². The number of amides is 1. The molecule has 10 heteroatoms. The van der Waals surface area contributed by atoms with Gasteiger partial charge in [-0.05, 0) is 25.1 Å². The molecule has 0 fully saturated rings. The Balaban J connectivity index is 1.97. The van der Waals surface area contributed by atoms with Gasteiger partial charge in [0.2, 0.25) is 0 Å². The molecule has 2 aromatic rings. The zero-order valence-corrected chi connectivity index (χ0v) is 13.7. The van der Waals surface area contributed by atoms with Gasteiger partial charge >= 0.3 is 11.7 Å². The van der Waals surface area contributed by atoms with Crippen LogP contribution >= 0.6 is 11.6 Å². The molecule has 25 heavy (non-hydrogen) atoms. The van der Waals surface area contributed by atoms with Gasteiger partial charge in [-0.3, -0.25) is 23.9 Å². The monoisotopic (exact) mass is 369 g/mol. The largest absolute Gasteiger partial charge is 0.451 e. The standard InChI is InChI=1S/C15H13ClFN3O5/c1-8(14(23)18-11-3-2-9(17)6-10(11)16)25-13(22)7-20-5-4-12(21)19-15(20)24/h2-6,8H,7H2,1H3,(H,18,23)(H,19,21,24)/t8-/m1/s1. The molecule has 2 rings (SSSR count). The SMILES string of the molecule is C[C@@H](OC(=O)Cn1ccc(=O)[nH]c1=O)C(=O)Nc1ccc(F)cc1Cl. The maximum atomic E-state index is 13.0. The molecule has 0 radical (unpaired) electrons. The lowest BCUT2D eigenvalue weighted by Gasteiger charge is -2.14. The summed E-state index contributed by atoms with van der Waals surface area (Å²) in [6.45, 7) is 0.838. The van der Waals surface area contributed by atoms with Crippen LogP contribution in [0, 0.1) is 5.82 Å². The third-order valence-corrected chi connectivity index (χ3v) is 3.38. The van der Waals surface area contributed by atoms with E-state index in [0.717, 1.165) is 29.0 Å². The van der Waals surface area contributed by atoms with Crippen molar-refractivity contribution in [2.75, 3.05) is 5.32 Å². The van der Waals surface area contributed by atoms with Crippen molar-refractivity contribution in [1.29, 1.82) is 0 Å². The first-order valence-electron chi connectivity index (χ1n) is 7.01. The Morgan fingerprint density at radius 3 is 2.72 bits per heavy atom. The first kappa shape index (κ1) is 18.4. The van der Waals surface area contributed by atoms with Gasteiger partial charge < -0.3 is 10.1 Å². The number of aromatic amines is 1. The van der Waals surface area contributed by atoms with Gasteiger partial charge in [0.05, 0.1) is 10.7 Å². The first-order valence-corrected chi connectivity index (χ1v) is 7.39. The van der Waals surface area contributed by atoms with Gasteiger partial charge in [-0.1, -0.05) is 11.6 Å². The Morgan fingerprint density at radius 1 is 1.36 bits per heavy atom. The Labute approximate surface area is 145 Å². The average molecular weight is 370 g/mol. The number of H-pyrrole nitrogens is 1. The number of hydrogen-bond acceptors (Lipinski definition) is 5. The lowest BCUT2D eigenvalue weighted by atomic mass is 10.3. The summed E-state index contributed by atoms with van der Waals surface area (Å²) in [6.07, 6.45) is -0.0575. The first-order chi connectivity index (χ1) is 11.8. The second kappa shape index (κ2) is 7.75. The minimum atomic E-state index is -1.19. The van der Waals surface area contributed by atoms with Crippen molar-refractivity contribution >= 4 is 29.2 Å². The van der Waals surface area contributed by atoms with Gasteiger partial charge in [0.15, 0.2) is 6.10 Å². The molecular weight excluding hydrogens is 357 g/mol. The highest BCUT2D eigenvalue weighted by Crippen LogP contribution is 2.22. The van der Waals surface area contributed by atoms with E-state index >= 15 is 0 Å². The number of rotatable bonds is 5. The molecule has 2 N–H and O–H groups in total. The molecule has 1 aromatic carbocycles. The van der Waals surface area contributed by atoms with Crippen LogP contribution in [0.5, 0.6) is 0 Å². The molecule has 1 atom stereocenters. The maximum absolute atomic E-state index is 13.0. The Hall–Kier alpha value is -2.94. The van der Waals surface area contributed by atoms with Crippen LogP contribution in [0.25, 0.3) is 0 Å². The lowest BCUT2D eigenvalue weighted by molar-refractivity contribution is -0.153. The van der Waals surface area contributed by atoms with E-state index in [-0.39, 0.29) is 10.7 Å². The Morgan fingerprint density at radius 2 is 2.08 bits per heavy atom. The van der Waals surface area contributed by atoms with Gasteiger partial charge in [0, 0.05) is 12.3 Å². The molecule has 1 amide bonds. The molecule has 8 nitrogen and oxygen atoms in total. The fourth-order valence-corrected chi connectivity index (χ4v) is 2.04. The van der Waals surface area contributed by atoms with Crippen LogP contribution in [0.15, 0.2) is 40.1 Å². The number of ether oxygens (including phenoxy) is 1. The van der Waals surface area contributed by atoms with E-state index in [0.29, 0.717) is 0 Å². The minimum absolute atomic E-state index is 0.00771. The van der Waals surface area contributed by atoms with E-state index < -0.39 is 41.6 Å². The number of hydrogen-bond donors (Lipinski definition) is 2. The average Bonchev–Trinajstić information content (AvgIpc) is 2.52. The minimum Gasteiger partial charge on any atom is -0.451 e. The van der Waals surface area contributed by atoms with E-state index in [2.05, 4.69) is 5.32 Å². The number of nitrogens with zero attached hydrogens (tertiary/aromatic N) is 1. The van der Waals surface area contributed by atoms with Crippen LogP contribution in [0.2, 0.25) is 5.02 Å². The van der Waals surface area contributed by atoms with Crippen molar-refractivity contribution in [2.24, 2.45) is 0 Å². The summed E-state index contributed by atoms with van der Waals surface area (Å²) in [7, 11) is 0. The topological polar surface area (TPSA) is 110 Å². The predicted octanol–water partition coefficient (Wildman–Crippen LogP) is 0.899. The maximum Gasteiger partial charge on any atom is 0.328 e. The van der Waals surface area contributed by atoms with Gasteiger partial charge in [0.1, 0.15) is 12.4 Å². The molecule has 0 saturated carbocycles. The summed E-state index contributed by atoms with van der Waals surface area (Å²) < 4.78 is 18.8. The highest BCUT2D eigenvalue weighted by molar-refractivity contribution is 6.33. The quantitative estimate of drug-likeness (QED) is 0.761. The molecule has 0 aliphatic carbocycles. The fraction of sp³-hybridized carbons (Fsp3) is 0.200.